The number of hydrogen-bond donors (Lipinski definition) is 3. The number of benzene rings is 2. The van der Waals surface area contributed by atoms with Gasteiger partial charge in [0.25, 0.3) is 11.8 Å². The van der Waals surface area contributed by atoms with E-state index in [-0.39, 0.29) is 48.5 Å². The van der Waals surface area contributed by atoms with E-state index in [1.165, 1.54) is 23.2 Å². The Bertz CT molecular complexity index is 1590. The number of ether oxygens (including phenoxy) is 1. The zero-order valence-corrected chi connectivity index (χ0v) is 26.8. The van der Waals surface area contributed by atoms with Crippen molar-refractivity contribution in [3.63, 3.8) is 0 Å². The number of piperazine rings is 1. The quantitative estimate of drug-likeness (QED) is 0.322. The lowest BCUT2D eigenvalue weighted by Crippen LogP contribution is -2.55. The highest BCUT2D eigenvalue weighted by Crippen LogP contribution is 2.33. The molecule has 2 amide bonds. The molecule has 6 rings (SSSR count). The zero-order chi connectivity index (χ0) is 32.6. The highest BCUT2D eigenvalue weighted by molar-refractivity contribution is 6.30. The lowest BCUT2D eigenvalue weighted by atomic mass is 9.93. The number of halogens is 5. The maximum atomic E-state index is 14.3. The minimum atomic E-state index is -2.26. The van der Waals surface area contributed by atoms with Gasteiger partial charge in [-0.15, -0.1) is 12.4 Å². The molecule has 3 aliphatic rings. The van der Waals surface area contributed by atoms with Crippen LogP contribution in [-0.4, -0.2) is 83.8 Å². The molecule has 0 saturated carbocycles. The Balaban J connectivity index is 0.00000433. The molecule has 3 aliphatic heterocycles. The number of pyridine rings is 1. The molecule has 3 saturated heterocycles. The van der Waals surface area contributed by atoms with Crippen molar-refractivity contribution < 1.29 is 32.6 Å². The molecule has 3 aromatic rings. The minimum absolute atomic E-state index is 0. The lowest BCUT2D eigenvalue weighted by Gasteiger charge is -2.44. The number of anilines is 2. The van der Waals surface area contributed by atoms with Crippen LogP contribution in [0.3, 0.4) is 0 Å². The molecular weight excluding hydrogens is 660 g/mol. The molecule has 15 heteroatoms. The summed E-state index contributed by atoms with van der Waals surface area (Å²) in [5.74, 6) is -2.55. The van der Waals surface area contributed by atoms with E-state index < -0.39 is 47.0 Å². The first-order valence-electron chi connectivity index (χ1n) is 15.1. The van der Waals surface area contributed by atoms with E-state index in [9.17, 15) is 27.9 Å². The fourth-order valence-corrected chi connectivity index (χ4v) is 6.64. The molecule has 252 valence electrons. The molecule has 3 fully saturated rings. The summed E-state index contributed by atoms with van der Waals surface area (Å²) >= 11 is 5.86. The van der Waals surface area contributed by atoms with Gasteiger partial charge < -0.3 is 30.7 Å². The number of aliphatic hydroxyl groups is 1. The predicted molar refractivity (Wildman–Crippen MR) is 172 cm³/mol. The highest BCUT2D eigenvalue weighted by atomic mass is 35.5. The number of carbonyl (C=O) groups is 2. The Morgan fingerprint density at radius 2 is 1.83 bits per heavy atom. The molecule has 10 nitrogen and oxygen atoms in total. The topological polar surface area (TPSA) is 124 Å². The molecule has 0 unspecified atom stereocenters. The molecule has 0 aliphatic carbocycles. The van der Waals surface area contributed by atoms with Crippen molar-refractivity contribution in [1.82, 2.24) is 15.2 Å². The summed E-state index contributed by atoms with van der Waals surface area (Å²) in [4.78, 5) is 36.2. The third-order valence-electron chi connectivity index (χ3n) is 8.91. The molecule has 4 heterocycles. The summed E-state index contributed by atoms with van der Waals surface area (Å²) in [6, 6.07) is 10.2. The number of aromatic nitrogens is 1. The average Bonchev–Trinajstić information content (AvgIpc) is 3.35. The van der Waals surface area contributed by atoms with Crippen molar-refractivity contribution in [2.45, 2.75) is 43.2 Å². The van der Waals surface area contributed by atoms with Gasteiger partial charge in [0.1, 0.15) is 29.4 Å². The number of nitrogens with one attached hydrogen (secondary N) is 1. The highest BCUT2D eigenvalue weighted by Gasteiger charge is 2.51. The smallest absolute Gasteiger partial charge is 0.268 e. The number of amides is 2. The summed E-state index contributed by atoms with van der Waals surface area (Å²) in [5, 5.41) is 13.6. The van der Waals surface area contributed by atoms with E-state index in [4.69, 9.17) is 22.1 Å². The Morgan fingerprint density at radius 1 is 1.06 bits per heavy atom. The van der Waals surface area contributed by atoms with Gasteiger partial charge in [-0.2, -0.15) is 0 Å². The van der Waals surface area contributed by atoms with Crippen LogP contribution in [0.2, 0.25) is 5.02 Å². The van der Waals surface area contributed by atoms with Crippen LogP contribution in [0.5, 0.6) is 0 Å². The van der Waals surface area contributed by atoms with Crippen LogP contribution in [0.1, 0.15) is 30.1 Å². The first-order chi connectivity index (χ1) is 22.0. The predicted octanol–water partition coefficient (Wildman–Crippen LogP) is 3.34. The minimum Gasteiger partial charge on any atom is -0.372 e. The van der Waals surface area contributed by atoms with Crippen molar-refractivity contribution in [3.05, 3.63) is 88.3 Å². The fraction of sp³-hybridized carbons (Fsp3) is 0.406. The van der Waals surface area contributed by atoms with Crippen molar-refractivity contribution in [1.29, 1.82) is 0 Å². The van der Waals surface area contributed by atoms with E-state index in [0.717, 1.165) is 43.2 Å². The van der Waals surface area contributed by atoms with Crippen LogP contribution < -0.4 is 20.9 Å². The molecular formula is C32H35Cl2F3N6O4. The van der Waals surface area contributed by atoms with Gasteiger partial charge in [-0.25, -0.2) is 18.2 Å². The van der Waals surface area contributed by atoms with Crippen molar-refractivity contribution in [2.24, 2.45) is 5.73 Å². The summed E-state index contributed by atoms with van der Waals surface area (Å²) in [5.41, 5.74) is 5.08. The third-order valence-corrected chi connectivity index (χ3v) is 9.13. The Kier molecular flexibility index (Phi) is 10.6. The van der Waals surface area contributed by atoms with Crippen LogP contribution in [0, 0.1) is 17.5 Å². The molecule has 0 spiro atoms. The van der Waals surface area contributed by atoms with Gasteiger partial charge in [0.2, 0.25) is 5.60 Å². The standard InChI is InChI=1S/C32H34ClF3N6O4.ClH/c33-20-11-19(12-22(35)13-20)16-39-30(43)32(45)5-6-42(31(32)44)23-2-4-28(38-17-23)41-9-7-40(8-10-41)24-15-27(37)29(46-18-24)25-14-21(34)1-3-26(25)36;/h1-4,11-14,17,24,27,29,45H,5-10,15-16,18,37H2,(H,39,43);1H/t24-,27-,29+,32-;/m0./s1. The molecule has 4 N–H and O–H groups in total. The van der Waals surface area contributed by atoms with Crippen LogP contribution in [0.4, 0.5) is 24.7 Å². The van der Waals surface area contributed by atoms with Crippen molar-refractivity contribution in [3.8, 4) is 0 Å². The fourth-order valence-electron chi connectivity index (χ4n) is 6.40. The van der Waals surface area contributed by atoms with Crippen LogP contribution in [0.15, 0.2) is 54.7 Å². The Morgan fingerprint density at radius 3 is 2.51 bits per heavy atom. The van der Waals surface area contributed by atoms with Crippen molar-refractivity contribution in [2.75, 3.05) is 49.1 Å². The van der Waals surface area contributed by atoms with Crippen molar-refractivity contribution >= 4 is 47.3 Å². The van der Waals surface area contributed by atoms with Crippen LogP contribution >= 0.6 is 24.0 Å². The second-order valence-electron chi connectivity index (χ2n) is 11.9. The summed E-state index contributed by atoms with van der Waals surface area (Å²) < 4.78 is 47.6. The van der Waals surface area contributed by atoms with Gasteiger partial charge in [0.05, 0.1) is 18.5 Å². The number of rotatable bonds is 7. The number of hydrogen-bond acceptors (Lipinski definition) is 8. The summed E-state index contributed by atoms with van der Waals surface area (Å²) in [6.45, 7) is 3.17. The zero-order valence-electron chi connectivity index (χ0n) is 25.3. The maximum absolute atomic E-state index is 14.3. The largest absolute Gasteiger partial charge is 0.372 e. The van der Waals surface area contributed by atoms with E-state index in [1.807, 2.05) is 0 Å². The molecule has 0 bridgehead atoms. The van der Waals surface area contributed by atoms with E-state index in [1.54, 1.807) is 12.1 Å². The lowest BCUT2D eigenvalue weighted by molar-refractivity contribution is -0.149. The van der Waals surface area contributed by atoms with E-state index >= 15 is 0 Å². The second kappa shape index (κ2) is 14.3. The van der Waals surface area contributed by atoms with Gasteiger partial charge in [-0.05, 0) is 60.5 Å². The van der Waals surface area contributed by atoms with Gasteiger partial charge in [0, 0.05) is 68.4 Å². The molecule has 47 heavy (non-hydrogen) atoms. The summed E-state index contributed by atoms with van der Waals surface area (Å²) in [7, 11) is 0. The first kappa shape index (κ1) is 34.9. The molecule has 1 aromatic heterocycles. The third kappa shape index (κ3) is 7.35. The molecule has 2 aromatic carbocycles. The molecule has 4 atom stereocenters. The van der Waals surface area contributed by atoms with Gasteiger partial charge in [-0.1, -0.05) is 11.6 Å². The van der Waals surface area contributed by atoms with Gasteiger partial charge in [0.15, 0.2) is 0 Å². The SMILES string of the molecule is Cl.N[C@H]1C[C@H](N2CCN(c3ccc(N4CC[C@](O)(C(=O)NCc5cc(F)cc(Cl)c5)C4=O)cn3)CC2)CO[C@@H]1c1cc(F)ccc1F. The van der Waals surface area contributed by atoms with Gasteiger partial charge >= 0.3 is 0 Å². The maximum Gasteiger partial charge on any atom is 0.268 e. The van der Waals surface area contributed by atoms with Crippen LogP contribution in [0.25, 0.3) is 0 Å². The normalized spacial score (nSPS) is 25.1. The first-order valence-corrected chi connectivity index (χ1v) is 15.4. The second-order valence-corrected chi connectivity index (χ2v) is 12.3. The average molecular weight is 696 g/mol. The van der Waals surface area contributed by atoms with E-state index in [0.29, 0.717) is 37.4 Å². The Hall–Kier alpha value is -3.46. The summed E-state index contributed by atoms with van der Waals surface area (Å²) in [6.07, 6.45) is 1.31. The number of nitrogens with two attached hydrogens (primary N) is 1. The van der Waals surface area contributed by atoms with Gasteiger partial charge in [-0.3, -0.25) is 14.5 Å². The number of carbonyl (C=O) groups excluding carboxylic acids is 2. The number of nitrogens with zero attached hydrogens (tertiary/aromatic N) is 4. The molecule has 0 radical (unpaired) electrons. The van der Waals surface area contributed by atoms with E-state index in [2.05, 4.69) is 20.1 Å². The van der Waals surface area contributed by atoms with Crippen LogP contribution in [-0.2, 0) is 20.9 Å². The Labute approximate surface area is 281 Å². The monoisotopic (exact) mass is 694 g/mol.